The first-order valence-electron chi connectivity index (χ1n) is 20.8. The normalized spacial score (nSPS) is 15.6. The van der Waals surface area contributed by atoms with Gasteiger partial charge in [-0.2, -0.15) is 0 Å². The number of aromatic nitrogens is 2. The zero-order valence-corrected chi connectivity index (χ0v) is 37.2. The summed E-state index contributed by atoms with van der Waals surface area (Å²) >= 11 is 7.68. The summed E-state index contributed by atoms with van der Waals surface area (Å²) in [4.78, 5) is 43.4. The molecule has 17 heteroatoms. The first-order valence-corrected chi connectivity index (χ1v) is 23.6. The van der Waals surface area contributed by atoms with Gasteiger partial charge in [-0.25, -0.2) is 18.4 Å². The van der Waals surface area contributed by atoms with Crippen LogP contribution in [0.25, 0.3) is 22.0 Å². The van der Waals surface area contributed by atoms with E-state index in [2.05, 4.69) is 59.0 Å². The van der Waals surface area contributed by atoms with E-state index in [4.69, 9.17) is 11.6 Å². The molecule has 0 aliphatic carbocycles. The van der Waals surface area contributed by atoms with Crippen LogP contribution < -0.4 is 14.9 Å². The number of hydrogen-bond acceptors (Lipinski definition) is 12. The van der Waals surface area contributed by atoms with Crippen LogP contribution in [0.3, 0.4) is 0 Å². The number of nitrogens with zero attached hydrogens (tertiary/aromatic N) is 7. The predicted molar refractivity (Wildman–Crippen MR) is 251 cm³/mol. The van der Waals surface area contributed by atoms with Crippen molar-refractivity contribution >= 4 is 73.1 Å². The van der Waals surface area contributed by atoms with Crippen molar-refractivity contribution in [3.63, 3.8) is 0 Å². The van der Waals surface area contributed by atoms with Crippen molar-refractivity contribution in [2.45, 2.75) is 28.8 Å². The summed E-state index contributed by atoms with van der Waals surface area (Å²) in [5.74, 6) is 0.457. The molecule has 1 amide bonds. The Morgan fingerprint density at radius 1 is 0.857 bits per heavy atom. The van der Waals surface area contributed by atoms with Gasteiger partial charge in [-0.3, -0.25) is 24.5 Å². The van der Waals surface area contributed by atoms with Crippen molar-refractivity contribution in [2.75, 3.05) is 80.1 Å². The van der Waals surface area contributed by atoms with Crippen LogP contribution in [0.5, 0.6) is 0 Å². The van der Waals surface area contributed by atoms with Crippen molar-refractivity contribution in [2.24, 2.45) is 0 Å². The molecule has 0 saturated carbocycles. The number of anilines is 3. The van der Waals surface area contributed by atoms with E-state index in [1.807, 2.05) is 78.7 Å². The average Bonchev–Trinajstić information content (AvgIpc) is 3.29. The van der Waals surface area contributed by atoms with Crippen molar-refractivity contribution in [1.82, 2.24) is 24.7 Å². The molecular weight excluding hydrogens is 858 g/mol. The number of nitro groups is 1. The molecule has 1 atom stereocenters. The van der Waals surface area contributed by atoms with Crippen molar-refractivity contribution in [3.8, 4) is 11.1 Å². The maximum absolute atomic E-state index is 13.9. The van der Waals surface area contributed by atoms with E-state index in [1.54, 1.807) is 6.07 Å². The number of nitro benzene ring substituents is 1. The molecule has 1 unspecified atom stereocenters. The van der Waals surface area contributed by atoms with Crippen LogP contribution in [-0.4, -0.2) is 115 Å². The Labute approximate surface area is 376 Å². The Morgan fingerprint density at radius 3 is 2.33 bits per heavy atom. The molecule has 3 heterocycles. The largest absolute Gasteiger partial charge is 0.375 e. The first-order chi connectivity index (χ1) is 30.5. The maximum Gasteiger partial charge on any atom is 0.293 e. The van der Waals surface area contributed by atoms with Gasteiger partial charge in [0.05, 0.1) is 15.3 Å². The third-order valence-corrected chi connectivity index (χ3v) is 14.2. The summed E-state index contributed by atoms with van der Waals surface area (Å²) in [6, 6.07) is 35.0. The van der Waals surface area contributed by atoms with E-state index in [1.165, 1.54) is 41.3 Å². The van der Waals surface area contributed by atoms with Crippen LogP contribution in [0.4, 0.5) is 22.9 Å². The van der Waals surface area contributed by atoms with Crippen LogP contribution >= 0.6 is 23.4 Å². The minimum atomic E-state index is -4.34. The Kier molecular flexibility index (Phi) is 13.7. The van der Waals surface area contributed by atoms with E-state index >= 15 is 0 Å². The number of carbonyl (C=O) groups is 1. The van der Waals surface area contributed by atoms with Crippen LogP contribution in [0.2, 0.25) is 5.02 Å². The second-order valence-corrected chi connectivity index (χ2v) is 19.0. The van der Waals surface area contributed by atoms with Gasteiger partial charge in [0, 0.05) is 104 Å². The quantitative estimate of drug-likeness (QED) is 0.0589. The number of nitrogens with one attached hydrogen (secondary N) is 2. The van der Waals surface area contributed by atoms with E-state index in [-0.39, 0.29) is 28.7 Å². The topological polar surface area (TPSA) is 157 Å². The minimum absolute atomic E-state index is 0.0457. The molecule has 2 fully saturated rings. The van der Waals surface area contributed by atoms with E-state index in [9.17, 15) is 23.3 Å². The molecule has 0 spiro atoms. The SMILES string of the molecule is CN1CCN(C(=O)CC(CSc2ccccc2)Nc2ccc(S(=O)(=O)Nc3ncnc4cc(N5CCN(Cc6ccccc6-c6ccc(Cl)cc6)CC5)ccc34)cc2[N+](=O)[O-])CC1. The third kappa shape index (κ3) is 10.9. The highest BCUT2D eigenvalue weighted by Crippen LogP contribution is 2.33. The number of sulfonamides is 1. The Bertz CT molecular complexity index is 2680. The standard InChI is InChI=1S/C46H48ClN9O5S2/c1-52-19-23-55(24-20-52)45(57)27-36(31-62-38-8-3-2-4-9-38)50-42-18-16-39(29-44(42)56(58)59)63(60,61)51-46-41-17-15-37(28-43(41)48-32-49-46)54-25-21-53(22-26-54)30-34-7-5-6-10-40(34)33-11-13-35(47)14-12-33/h2-18,28-29,32,36,50H,19-27,30-31H2,1H3,(H,48,49,51). The Hall–Kier alpha value is -5.78. The highest BCUT2D eigenvalue weighted by atomic mass is 35.5. The molecule has 14 nitrogen and oxygen atoms in total. The zero-order chi connectivity index (χ0) is 43.9. The third-order valence-electron chi connectivity index (χ3n) is 11.5. The van der Waals surface area contributed by atoms with Gasteiger partial charge in [0.25, 0.3) is 15.7 Å². The van der Waals surface area contributed by atoms with Crippen LogP contribution in [0.15, 0.2) is 131 Å². The molecule has 63 heavy (non-hydrogen) atoms. The predicted octanol–water partition coefficient (Wildman–Crippen LogP) is 7.72. The van der Waals surface area contributed by atoms with Gasteiger partial charge in [-0.15, -0.1) is 11.8 Å². The van der Waals surface area contributed by atoms with Gasteiger partial charge in [0.2, 0.25) is 5.91 Å². The number of amides is 1. The second kappa shape index (κ2) is 19.7. The summed E-state index contributed by atoms with van der Waals surface area (Å²) in [5, 5.41) is 16.9. The van der Waals surface area contributed by atoms with E-state index in [0.29, 0.717) is 34.8 Å². The second-order valence-electron chi connectivity index (χ2n) is 15.7. The average molecular weight is 907 g/mol. The lowest BCUT2D eigenvalue weighted by Crippen LogP contribution is -2.48. The van der Waals surface area contributed by atoms with Crippen LogP contribution in [0, 0.1) is 10.1 Å². The lowest BCUT2D eigenvalue weighted by atomic mass is 9.99. The molecule has 6 aromatic rings. The molecule has 2 aliphatic rings. The van der Waals surface area contributed by atoms with Crippen LogP contribution in [-0.2, 0) is 21.4 Å². The smallest absolute Gasteiger partial charge is 0.293 e. The summed E-state index contributed by atoms with van der Waals surface area (Å²) in [5.41, 5.74) is 4.77. The summed E-state index contributed by atoms with van der Waals surface area (Å²) in [6.45, 7) is 6.86. The number of likely N-dealkylation sites (N-methyl/N-ethyl adjacent to an activating group) is 1. The summed E-state index contributed by atoms with van der Waals surface area (Å²) in [7, 11) is -2.32. The highest BCUT2D eigenvalue weighted by molar-refractivity contribution is 7.99. The van der Waals surface area contributed by atoms with Gasteiger partial charge in [0.15, 0.2) is 5.82 Å². The number of piperazine rings is 2. The molecule has 2 saturated heterocycles. The minimum Gasteiger partial charge on any atom is -0.375 e. The fourth-order valence-corrected chi connectivity index (χ4v) is 10.0. The number of rotatable bonds is 15. The number of thioether (sulfide) groups is 1. The molecule has 8 rings (SSSR count). The van der Waals surface area contributed by atoms with Gasteiger partial charge < -0.3 is 20.0 Å². The van der Waals surface area contributed by atoms with Crippen LogP contribution in [0.1, 0.15) is 12.0 Å². The lowest BCUT2D eigenvalue weighted by molar-refractivity contribution is -0.384. The molecular formula is C46H48ClN9O5S2. The van der Waals surface area contributed by atoms with E-state index in [0.717, 1.165) is 68.0 Å². The van der Waals surface area contributed by atoms with Gasteiger partial charge in [-0.05, 0) is 78.3 Å². The fraction of sp³-hybridized carbons (Fsp3) is 0.283. The first kappa shape index (κ1) is 43.9. The highest BCUT2D eigenvalue weighted by Gasteiger charge is 2.28. The number of carbonyl (C=O) groups excluding carboxylic acids is 1. The fourth-order valence-electron chi connectivity index (χ4n) is 7.92. The van der Waals surface area contributed by atoms with Gasteiger partial charge in [-0.1, -0.05) is 66.2 Å². The lowest BCUT2D eigenvalue weighted by Gasteiger charge is -2.36. The van der Waals surface area contributed by atoms with E-state index < -0.39 is 26.7 Å². The Balaban J connectivity index is 0.942. The maximum atomic E-state index is 13.9. The number of benzene rings is 5. The molecule has 2 aliphatic heterocycles. The molecule has 2 N–H and O–H groups in total. The van der Waals surface area contributed by atoms with Gasteiger partial charge in [0.1, 0.15) is 12.0 Å². The molecule has 0 bridgehead atoms. The number of halogens is 1. The van der Waals surface area contributed by atoms with Crippen molar-refractivity contribution in [1.29, 1.82) is 0 Å². The zero-order valence-electron chi connectivity index (χ0n) is 34.8. The number of hydrogen-bond donors (Lipinski definition) is 2. The molecule has 1 aromatic heterocycles. The Morgan fingerprint density at radius 2 is 1.59 bits per heavy atom. The molecule has 326 valence electrons. The summed E-state index contributed by atoms with van der Waals surface area (Å²) in [6.07, 6.45) is 1.41. The van der Waals surface area contributed by atoms with Crippen molar-refractivity contribution in [3.05, 3.63) is 142 Å². The molecule has 0 radical (unpaired) electrons. The van der Waals surface area contributed by atoms with Gasteiger partial charge >= 0.3 is 0 Å². The van der Waals surface area contributed by atoms with Crippen molar-refractivity contribution < 1.29 is 18.1 Å². The monoisotopic (exact) mass is 905 g/mol. The molecule has 5 aromatic carbocycles. The number of fused-ring (bicyclic) bond motifs is 1. The summed E-state index contributed by atoms with van der Waals surface area (Å²) < 4.78 is 30.3.